The number of methoxy groups -OCH3 is 1. The van der Waals surface area contributed by atoms with Crippen molar-refractivity contribution in [1.82, 2.24) is 5.16 Å². The third kappa shape index (κ3) is 2.04. The first kappa shape index (κ1) is 12.7. The van der Waals surface area contributed by atoms with Gasteiger partial charge in [0.2, 0.25) is 0 Å². The average molecular weight is 273 g/mol. The van der Waals surface area contributed by atoms with Gasteiger partial charge in [-0.2, -0.15) is 0 Å². The van der Waals surface area contributed by atoms with Crippen LogP contribution in [0.25, 0.3) is 0 Å². The first-order valence-electron chi connectivity index (χ1n) is 6.34. The maximum absolute atomic E-state index is 12.5. The molecule has 0 unspecified atom stereocenters. The van der Waals surface area contributed by atoms with Crippen LogP contribution in [0, 0.1) is 0 Å². The molecule has 1 aliphatic heterocycles. The number of nitrogens with two attached hydrogens (primary N) is 1. The van der Waals surface area contributed by atoms with Crippen molar-refractivity contribution < 1.29 is 14.1 Å². The van der Waals surface area contributed by atoms with Crippen LogP contribution in [0.5, 0.6) is 0 Å². The molecule has 1 aliphatic rings. The zero-order valence-corrected chi connectivity index (χ0v) is 11.1. The predicted octanol–water partition coefficient (Wildman–Crippen LogP) is 1.61. The lowest BCUT2D eigenvalue weighted by atomic mass is 10.1. The van der Waals surface area contributed by atoms with Crippen molar-refractivity contribution in [3.05, 3.63) is 41.3 Å². The van der Waals surface area contributed by atoms with Gasteiger partial charge in [-0.1, -0.05) is 11.2 Å². The highest BCUT2D eigenvalue weighted by atomic mass is 16.5. The molecule has 1 aromatic carbocycles. The van der Waals surface area contributed by atoms with E-state index in [1.165, 1.54) is 0 Å². The summed E-state index contributed by atoms with van der Waals surface area (Å²) in [5, 5.41) is 3.80. The van der Waals surface area contributed by atoms with Crippen molar-refractivity contribution in [3.63, 3.8) is 0 Å². The molecule has 0 fully saturated rings. The van der Waals surface area contributed by atoms with Crippen LogP contribution in [0.4, 0.5) is 11.4 Å². The monoisotopic (exact) mass is 273 g/mol. The van der Waals surface area contributed by atoms with E-state index in [1.54, 1.807) is 18.1 Å². The number of aromatic nitrogens is 1. The summed E-state index contributed by atoms with van der Waals surface area (Å²) >= 11 is 0. The Morgan fingerprint density at radius 3 is 3.20 bits per heavy atom. The fraction of sp³-hybridized carbons (Fsp3) is 0.286. The predicted molar refractivity (Wildman–Crippen MR) is 73.5 cm³/mol. The van der Waals surface area contributed by atoms with Gasteiger partial charge >= 0.3 is 0 Å². The minimum absolute atomic E-state index is 0.180. The van der Waals surface area contributed by atoms with Crippen LogP contribution >= 0.6 is 0 Å². The molecular weight excluding hydrogens is 258 g/mol. The van der Waals surface area contributed by atoms with Crippen LogP contribution in [-0.2, 0) is 17.8 Å². The first-order chi connectivity index (χ1) is 9.70. The molecule has 6 nitrogen and oxygen atoms in total. The molecule has 0 atom stereocenters. The van der Waals surface area contributed by atoms with Gasteiger partial charge in [0, 0.05) is 36.7 Å². The van der Waals surface area contributed by atoms with Crippen molar-refractivity contribution in [2.75, 3.05) is 24.3 Å². The normalized spacial score (nSPS) is 13.6. The Morgan fingerprint density at radius 2 is 2.40 bits per heavy atom. The highest BCUT2D eigenvalue weighted by Crippen LogP contribution is 2.32. The molecule has 1 aromatic heterocycles. The number of carbonyl (C=O) groups excluding carboxylic acids is 1. The van der Waals surface area contributed by atoms with Crippen molar-refractivity contribution in [2.45, 2.75) is 13.0 Å². The Morgan fingerprint density at radius 1 is 1.55 bits per heavy atom. The second kappa shape index (κ2) is 4.97. The molecule has 2 heterocycles. The van der Waals surface area contributed by atoms with E-state index in [1.807, 2.05) is 18.2 Å². The number of hydrogen-bond acceptors (Lipinski definition) is 5. The lowest BCUT2D eigenvalue weighted by molar-refractivity contribution is 0.0980. The molecule has 2 aromatic rings. The quantitative estimate of drug-likeness (QED) is 0.859. The summed E-state index contributed by atoms with van der Waals surface area (Å²) in [5.41, 5.74) is 8.80. The van der Waals surface area contributed by atoms with Gasteiger partial charge in [-0.15, -0.1) is 0 Å². The summed E-state index contributed by atoms with van der Waals surface area (Å²) in [6, 6.07) is 7.20. The molecule has 104 valence electrons. The molecule has 0 spiro atoms. The third-order valence-electron chi connectivity index (χ3n) is 3.37. The molecule has 2 N–H and O–H groups in total. The minimum atomic E-state index is -0.180. The maximum Gasteiger partial charge on any atom is 0.280 e. The number of benzene rings is 1. The number of amides is 1. The molecule has 3 rings (SSSR count). The number of rotatable bonds is 3. The van der Waals surface area contributed by atoms with Gasteiger partial charge in [0.1, 0.15) is 6.61 Å². The fourth-order valence-electron chi connectivity index (χ4n) is 2.43. The van der Waals surface area contributed by atoms with E-state index in [4.69, 9.17) is 15.0 Å². The highest BCUT2D eigenvalue weighted by Gasteiger charge is 2.28. The Kier molecular flexibility index (Phi) is 3.15. The minimum Gasteiger partial charge on any atom is -0.398 e. The number of anilines is 2. The van der Waals surface area contributed by atoms with E-state index in [2.05, 4.69) is 5.16 Å². The van der Waals surface area contributed by atoms with Gasteiger partial charge < -0.3 is 19.9 Å². The summed E-state index contributed by atoms with van der Waals surface area (Å²) in [4.78, 5) is 14.1. The molecule has 1 amide bonds. The number of ether oxygens (including phenoxy) is 1. The largest absolute Gasteiger partial charge is 0.398 e. The standard InChI is InChI=1S/C14H15N3O3/c1-19-8-9-7-12(16-20-9)14(18)17-6-5-10-11(15)3-2-4-13(10)17/h2-4,7H,5-6,8,15H2,1H3. The Bertz CT molecular complexity index is 651. The van der Waals surface area contributed by atoms with Crippen LogP contribution in [0.2, 0.25) is 0 Å². The molecule has 0 saturated heterocycles. The molecule has 0 radical (unpaired) electrons. The van der Waals surface area contributed by atoms with Crippen molar-refractivity contribution in [1.29, 1.82) is 0 Å². The summed E-state index contributed by atoms with van der Waals surface area (Å²) in [6.07, 6.45) is 0.760. The second-order valence-electron chi connectivity index (χ2n) is 4.66. The lowest BCUT2D eigenvalue weighted by Gasteiger charge is -2.15. The van der Waals surface area contributed by atoms with E-state index in [0.717, 1.165) is 23.4 Å². The van der Waals surface area contributed by atoms with Crippen LogP contribution in [-0.4, -0.2) is 24.7 Å². The molecule has 20 heavy (non-hydrogen) atoms. The summed E-state index contributed by atoms with van der Waals surface area (Å²) < 4.78 is 9.99. The zero-order valence-electron chi connectivity index (χ0n) is 11.1. The number of hydrogen-bond donors (Lipinski definition) is 1. The van der Waals surface area contributed by atoms with Crippen LogP contribution in [0.15, 0.2) is 28.8 Å². The van der Waals surface area contributed by atoms with E-state index in [-0.39, 0.29) is 11.6 Å². The Labute approximate surface area is 116 Å². The Hall–Kier alpha value is -2.34. The van der Waals surface area contributed by atoms with E-state index in [9.17, 15) is 4.79 Å². The highest BCUT2D eigenvalue weighted by molar-refractivity contribution is 6.06. The summed E-state index contributed by atoms with van der Waals surface area (Å²) in [6.45, 7) is 0.901. The SMILES string of the molecule is COCc1cc(C(=O)N2CCc3c(N)cccc32)no1. The molecule has 6 heteroatoms. The van der Waals surface area contributed by atoms with E-state index >= 15 is 0 Å². The smallest absolute Gasteiger partial charge is 0.280 e. The van der Waals surface area contributed by atoms with Gasteiger partial charge in [-0.05, 0) is 18.6 Å². The number of nitrogen functional groups attached to an aromatic ring is 1. The molecule has 0 saturated carbocycles. The van der Waals surface area contributed by atoms with Crippen LogP contribution in [0.1, 0.15) is 21.8 Å². The fourth-order valence-corrected chi connectivity index (χ4v) is 2.43. The maximum atomic E-state index is 12.5. The number of carbonyl (C=O) groups is 1. The zero-order chi connectivity index (χ0) is 14.1. The topological polar surface area (TPSA) is 81.6 Å². The van der Waals surface area contributed by atoms with Crippen LogP contribution in [0.3, 0.4) is 0 Å². The summed E-state index contributed by atoms with van der Waals surface area (Å²) in [7, 11) is 1.56. The first-order valence-corrected chi connectivity index (χ1v) is 6.34. The van der Waals surface area contributed by atoms with Crippen LogP contribution < -0.4 is 10.6 Å². The van der Waals surface area contributed by atoms with Crippen molar-refractivity contribution in [2.24, 2.45) is 0 Å². The van der Waals surface area contributed by atoms with Crippen molar-refractivity contribution in [3.8, 4) is 0 Å². The second-order valence-corrected chi connectivity index (χ2v) is 4.66. The number of fused-ring (bicyclic) bond motifs is 1. The lowest BCUT2D eigenvalue weighted by Crippen LogP contribution is -2.29. The van der Waals surface area contributed by atoms with Gasteiger partial charge in [0.15, 0.2) is 11.5 Å². The summed E-state index contributed by atoms with van der Waals surface area (Å²) in [5.74, 6) is 0.350. The van der Waals surface area contributed by atoms with Crippen molar-refractivity contribution >= 4 is 17.3 Å². The van der Waals surface area contributed by atoms with E-state index in [0.29, 0.717) is 18.9 Å². The molecular formula is C14H15N3O3. The average Bonchev–Trinajstić information content (AvgIpc) is 3.06. The van der Waals surface area contributed by atoms with Gasteiger partial charge in [-0.25, -0.2) is 0 Å². The van der Waals surface area contributed by atoms with E-state index < -0.39 is 0 Å². The Balaban J connectivity index is 1.87. The molecule has 0 bridgehead atoms. The van der Waals surface area contributed by atoms with Gasteiger partial charge in [-0.3, -0.25) is 4.79 Å². The van der Waals surface area contributed by atoms with Gasteiger partial charge in [0.25, 0.3) is 5.91 Å². The number of nitrogens with zero attached hydrogens (tertiary/aromatic N) is 2. The molecule has 0 aliphatic carbocycles. The van der Waals surface area contributed by atoms with Gasteiger partial charge in [0.05, 0.1) is 0 Å². The third-order valence-corrected chi connectivity index (χ3v) is 3.37.